The van der Waals surface area contributed by atoms with E-state index in [1.807, 2.05) is 5.32 Å². The first kappa shape index (κ1) is 22.5. The van der Waals surface area contributed by atoms with Gasteiger partial charge in [-0.25, -0.2) is 18.7 Å². The number of carbonyl (C=O) groups is 4. The van der Waals surface area contributed by atoms with Gasteiger partial charge in [0.15, 0.2) is 4.21 Å². The molecule has 4 rings (SSSR count). The Kier molecular flexibility index (Phi) is 5.62. The molecule has 3 amide bonds. The minimum Gasteiger partial charge on any atom is -0.478 e. The van der Waals surface area contributed by atoms with Gasteiger partial charge < -0.3 is 25.6 Å². The number of fused-ring (bicyclic) bond motifs is 2. The Labute approximate surface area is 192 Å². The van der Waals surface area contributed by atoms with Gasteiger partial charge in [0.25, 0.3) is 10.0 Å². The smallest absolute Gasteiger partial charge is 0.394 e. The largest absolute Gasteiger partial charge is 0.478 e. The Morgan fingerprint density at radius 1 is 1.31 bits per heavy atom. The van der Waals surface area contributed by atoms with Crippen LogP contribution < -0.4 is 10.6 Å². The number of rotatable bonds is 4. The van der Waals surface area contributed by atoms with E-state index in [-0.39, 0.29) is 43.4 Å². The highest BCUT2D eigenvalue weighted by atomic mass is 35.5. The number of nitrogens with zero attached hydrogens (tertiary/aromatic N) is 1. The Hall–Kier alpha value is -2.72. The third kappa shape index (κ3) is 3.81. The van der Waals surface area contributed by atoms with Crippen LogP contribution in [0.5, 0.6) is 0 Å². The van der Waals surface area contributed by atoms with Gasteiger partial charge in [-0.1, -0.05) is 11.6 Å². The number of anilines is 2. The first-order chi connectivity index (χ1) is 15.0. The number of sulfonamides is 1. The summed E-state index contributed by atoms with van der Waals surface area (Å²) in [5.74, 6) is -4.58. The number of halogens is 1. The Bertz CT molecular complexity index is 1280. The molecule has 170 valence electrons. The number of nitrogens with one attached hydrogen (secondary N) is 2. The SMILES string of the molecule is O=C(O)C(=O)Nc1sc2c(c1C(=O)O)CC(CN1C(=O)Nc3cc(Cl)sc3S1(=O)=O)OC2. The molecule has 4 N–H and O–H groups in total. The average Bonchev–Trinajstić information content (AvgIpc) is 3.24. The third-order valence-corrected chi connectivity index (χ3v) is 9.28. The van der Waals surface area contributed by atoms with Gasteiger partial charge in [0, 0.05) is 11.3 Å². The molecule has 2 aliphatic rings. The lowest BCUT2D eigenvalue weighted by Gasteiger charge is -2.31. The molecule has 4 heterocycles. The van der Waals surface area contributed by atoms with Gasteiger partial charge in [0.1, 0.15) is 5.00 Å². The van der Waals surface area contributed by atoms with Crippen LogP contribution in [-0.4, -0.2) is 59.5 Å². The van der Waals surface area contributed by atoms with E-state index in [9.17, 15) is 32.7 Å². The summed E-state index contributed by atoms with van der Waals surface area (Å²) in [6.45, 7) is -0.506. The van der Waals surface area contributed by atoms with E-state index in [0.717, 1.165) is 22.7 Å². The molecule has 0 aliphatic carbocycles. The van der Waals surface area contributed by atoms with Gasteiger partial charge >= 0.3 is 23.9 Å². The third-order valence-electron chi connectivity index (χ3n) is 4.64. The molecule has 2 aliphatic heterocycles. The number of thiophene rings is 2. The van der Waals surface area contributed by atoms with Crippen LogP contribution in [0, 0.1) is 0 Å². The molecule has 2 aromatic heterocycles. The van der Waals surface area contributed by atoms with Gasteiger partial charge in [-0.3, -0.25) is 4.79 Å². The standard InChI is InChI=1S/C16H12ClN3O9S3/c17-9-2-7-15(31-9)32(27,28)20(16(26)18-7)3-5-1-6-8(4-29-5)30-12(10(6)13(22)23)19-11(21)14(24)25/h2,5H,1,3-4H2,(H,18,26)(H,19,21)(H,22,23)(H,24,25). The summed E-state index contributed by atoms with van der Waals surface area (Å²) >= 11 is 7.50. The van der Waals surface area contributed by atoms with Gasteiger partial charge in [-0.15, -0.1) is 22.7 Å². The van der Waals surface area contributed by atoms with Gasteiger partial charge in [-0.05, 0) is 11.6 Å². The van der Waals surface area contributed by atoms with Gasteiger partial charge in [0.2, 0.25) is 0 Å². The fourth-order valence-electron chi connectivity index (χ4n) is 3.29. The number of urea groups is 1. The molecule has 2 aromatic rings. The zero-order valence-electron chi connectivity index (χ0n) is 15.6. The van der Waals surface area contributed by atoms with E-state index >= 15 is 0 Å². The highest BCUT2D eigenvalue weighted by Crippen LogP contribution is 2.41. The van der Waals surface area contributed by atoms with Crippen molar-refractivity contribution in [3.63, 3.8) is 0 Å². The lowest BCUT2D eigenvalue weighted by atomic mass is 10.0. The summed E-state index contributed by atoms with van der Waals surface area (Å²) in [5.41, 5.74) is 0.0539. The molecular weight excluding hydrogens is 510 g/mol. The van der Waals surface area contributed by atoms with Crippen molar-refractivity contribution >= 4 is 78.9 Å². The number of amides is 3. The number of carboxylic acids is 2. The fraction of sp³-hybridized carbons (Fsp3) is 0.250. The van der Waals surface area contributed by atoms with Crippen molar-refractivity contribution < 1.29 is 42.5 Å². The van der Waals surface area contributed by atoms with Crippen molar-refractivity contribution in [2.75, 3.05) is 17.2 Å². The minimum atomic E-state index is -4.20. The molecule has 16 heteroatoms. The minimum absolute atomic E-state index is 0.0756. The van der Waals surface area contributed by atoms with Crippen molar-refractivity contribution in [1.82, 2.24) is 4.31 Å². The number of hydrogen-bond donors (Lipinski definition) is 4. The van der Waals surface area contributed by atoms with E-state index < -0.39 is 46.5 Å². The molecule has 1 unspecified atom stereocenters. The number of hydrogen-bond acceptors (Lipinski definition) is 9. The number of carbonyl (C=O) groups excluding carboxylic acids is 2. The highest BCUT2D eigenvalue weighted by Gasteiger charge is 2.41. The maximum Gasteiger partial charge on any atom is 0.394 e. The van der Waals surface area contributed by atoms with E-state index in [1.54, 1.807) is 0 Å². The van der Waals surface area contributed by atoms with Crippen LogP contribution in [-0.2, 0) is 37.4 Å². The molecule has 0 spiro atoms. The quantitative estimate of drug-likeness (QED) is 0.437. The lowest BCUT2D eigenvalue weighted by Crippen LogP contribution is -2.48. The maximum atomic E-state index is 12.9. The summed E-state index contributed by atoms with van der Waals surface area (Å²) in [6, 6.07) is 0.425. The van der Waals surface area contributed by atoms with Crippen LogP contribution >= 0.6 is 34.3 Å². The molecule has 0 saturated heterocycles. The Morgan fingerprint density at radius 2 is 2.03 bits per heavy atom. The van der Waals surface area contributed by atoms with Crippen molar-refractivity contribution in [2.45, 2.75) is 23.3 Å². The predicted octanol–water partition coefficient (Wildman–Crippen LogP) is 1.86. The van der Waals surface area contributed by atoms with Crippen LogP contribution in [0.1, 0.15) is 20.8 Å². The normalized spacial score (nSPS) is 19.0. The number of ether oxygens (including phenoxy) is 1. The lowest BCUT2D eigenvalue weighted by molar-refractivity contribution is -0.147. The van der Waals surface area contributed by atoms with E-state index in [4.69, 9.17) is 21.4 Å². The van der Waals surface area contributed by atoms with Crippen LogP contribution in [0.4, 0.5) is 15.5 Å². The monoisotopic (exact) mass is 521 g/mol. The number of aliphatic carboxylic acids is 1. The molecule has 0 radical (unpaired) electrons. The summed E-state index contributed by atoms with van der Waals surface area (Å²) in [7, 11) is -4.20. The van der Waals surface area contributed by atoms with Gasteiger partial charge in [0.05, 0.1) is 34.8 Å². The topological polar surface area (TPSA) is 179 Å². The predicted molar refractivity (Wildman–Crippen MR) is 112 cm³/mol. The maximum absolute atomic E-state index is 12.9. The Morgan fingerprint density at radius 3 is 2.69 bits per heavy atom. The average molecular weight is 522 g/mol. The first-order valence-electron chi connectivity index (χ1n) is 8.65. The summed E-state index contributed by atoms with van der Waals surface area (Å²) in [4.78, 5) is 46.9. The Balaban J connectivity index is 1.60. The van der Waals surface area contributed by atoms with Crippen LogP contribution in [0.3, 0.4) is 0 Å². The van der Waals surface area contributed by atoms with E-state index in [2.05, 4.69) is 5.32 Å². The van der Waals surface area contributed by atoms with Crippen LogP contribution in [0.2, 0.25) is 4.34 Å². The van der Waals surface area contributed by atoms with Gasteiger partial charge in [-0.2, -0.15) is 8.42 Å². The van der Waals surface area contributed by atoms with Crippen molar-refractivity contribution in [1.29, 1.82) is 0 Å². The summed E-state index contributed by atoms with van der Waals surface area (Å²) in [5, 5.41) is 22.7. The molecule has 0 saturated carbocycles. The number of carboxylic acid groups (broad SMARTS) is 2. The van der Waals surface area contributed by atoms with Crippen molar-refractivity contribution in [3.05, 3.63) is 26.4 Å². The molecule has 0 bridgehead atoms. The second kappa shape index (κ2) is 8.00. The zero-order valence-corrected chi connectivity index (χ0v) is 18.8. The molecular formula is C16H12ClN3O9S3. The molecule has 1 atom stereocenters. The highest BCUT2D eigenvalue weighted by molar-refractivity contribution is 7.92. The summed E-state index contributed by atoms with van der Waals surface area (Å²) < 4.78 is 32.0. The first-order valence-corrected chi connectivity index (χ1v) is 12.1. The van der Waals surface area contributed by atoms with Crippen LogP contribution in [0.15, 0.2) is 10.3 Å². The van der Waals surface area contributed by atoms with Crippen LogP contribution in [0.25, 0.3) is 0 Å². The zero-order chi connectivity index (χ0) is 23.4. The molecule has 12 nitrogen and oxygen atoms in total. The molecule has 32 heavy (non-hydrogen) atoms. The van der Waals surface area contributed by atoms with Crippen molar-refractivity contribution in [2.24, 2.45) is 0 Å². The fourth-order valence-corrected chi connectivity index (χ4v) is 7.65. The molecule has 0 aromatic carbocycles. The molecule has 0 fully saturated rings. The van der Waals surface area contributed by atoms with E-state index in [1.165, 1.54) is 6.07 Å². The number of aromatic carboxylic acids is 1. The second-order valence-corrected chi connectivity index (χ2v) is 11.5. The van der Waals surface area contributed by atoms with E-state index in [0.29, 0.717) is 9.18 Å². The van der Waals surface area contributed by atoms with Crippen molar-refractivity contribution in [3.8, 4) is 0 Å². The summed E-state index contributed by atoms with van der Waals surface area (Å²) in [6.07, 6.45) is -0.955. The second-order valence-electron chi connectivity index (χ2n) is 6.63.